The first kappa shape index (κ1) is 14.8. The predicted molar refractivity (Wildman–Crippen MR) is 65.3 cm³/mol. The van der Waals surface area contributed by atoms with Crippen LogP contribution in [0.4, 0.5) is 18.9 Å². The molecule has 1 aromatic rings. The molecule has 7 heteroatoms. The largest absolute Gasteiger partial charge is 0.423 e. The van der Waals surface area contributed by atoms with Crippen LogP contribution in [-0.2, 0) is 6.18 Å². The Hall–Kier alpha value is -1.63. The summed E-state index contributed by atoms with van der Waals surface area (Å²) in [4.78, 5) is 9.65. The molecule has 0 unspecified atom stereocenters. The number of alkyl halides is 3. The third-order valence-corrected chi connectivity index (χ3v) is 3.69. The van der Waals surface area contributed by atoms with E-state index in [0.29, 0.717) is 31.2 Å². The molecule has 0 radical (unpaired) electrons. The molecule has 1 aliphatic rings. The van der Waals surface area contributed by atoms with E-state index in [-0.39, 0.29) is 5.92 Å². The number of halogens is 3. The molecule has 0 spiro atoms. The van der Waals surface area contributed by atoms with Gasteiger partial charge < -0.3 is 5.11 Å². The molecule has 0 amide bonds. The van der Waals surface area contributed by atoms with Crippen molar-refractivity contribution in [2.45, 2.75) is 43.9 Å². The molecule has 1 aromatic carbocycles. The van der Waals surface area contributed by atoms with E-state index in [1.54, 1.807) is 0 Å². The van der Waals surface area contributed by atoms with Crippen LogP contribution in [0.1, 0.15) is 42.7 Å². The molecule has 0 atom stereocenters. The summed E-state index contributed by atoms with van der Waals surface area (Å²) in [5.41, 5.74) is -1.67. The van der Waals surface area contributed by atoms with Crippen molar-refractivity contribution in [3.63, 3.8) is 0 Å². The van der Waals surface area contributed by atoms with Gasteiger partial charge in [-0.1, -0.05) is 6.07 Å². The summed E-state index contributed by atoms with van der Waals surface area (Å²) in [6, 6.07) is 3.18. The molecule has 20 heavy (non-hydrogen) atoms. The molecule has 4 nitrogen and oxygen atoms in total. The molecule has 0 aliphatic heterocycles. The Morgan fingerprint density at radius 1 is 1.20 bits per heavy atom. The van der Waals surface area contributed by atoms with E-state index in [0.717, 1.165) is 12.1 Å². The van der Waals surface area contributed by atoms with Crippen LogP contribution < -0.4 is 0 Å². The molecule has 1 N–H and O–H groups in total. The first-order valence-electron chi connectivity index (χ1n) is 6.32. The van der Waals surface area contributed by atoms with E-state index < -0.39 is 28.5 Å². The molecular weight excluding hydrogens is 275 g/mol. The average Bonchev–Trinajstić information content (AvgIpc) is 2.38. The summed E-state index contributed by atoms with van der Waals surface area (Å²) in [5.74, 6) is -0.0831. The second-order valence-electron chi connectivity index (χ2n) is 5.04. The predicted octanol–water partition coefficient (Wildman–Crippen LogP) is 3.63. The molecule has 110 valence electrons. The van der Waals surface area contributed by atoms with Crippen molar-refractivity contribution in [2.75, 3.05) is 0 Å². The van der Waals surface area contributed by atoms with Crippen molar-refractivity contribution in [3.05, 3.63) is 39.4 Å². The molecule has 0 heterocycles. The molecule has 0 aromatic heterocycles. The molecule has 0 bridgehead atoms. The van der Waals surface area contributed by atoms with Gasteiger partial charge in [0.15, 0.2) is 0 Å². The first-order valence-corrected chi connectivity index (χ1v) is 6.32. The van der Waals surface area contributed by atoms with Crippen molar-refractivity contribution < 1.29 is 23.2 Å². The van der Waals surface area contributed by atoms with Crippen LogP contribution >= 0.6 is 0 Å². The van der Waals surface area contributed by atoms with Crippen LogP contribution in [0.2, 0.25) is 0 Å². The van der Waals surface area contributed by atoms with Crippen LogP contribution in [0.5, 0.6) is 0 Å². The zero-order valence-electron chi connectivity index (χ0n) is 10.6. The standard InChI is InChI=1S/C13H14F3NO3/c14-13(15,16)11-7-9(3-6-12(11)17(19)20)8-1-4-10(18)5-2-8/h3,6-8,10,18H,1-2,4-5H2. The molecular formula is C13H14F3NO3. The van der Waals surface area contributed by atoms with Crippen LogP contribution in [0.25, 0.3) is 0 Å². The Kier molecular flexibility index (Phi) is 3.99. The van der Waals surface area contributed by atoms with E-state index in [9.17, 15) is 28.4 Å². The Labute approximate surface area is 113 Å². The minimum absolute atomic E-state index is 0.0831. The van der Waals surface area contributed by atoms with Gasteiger partial charge >= 0.3 is 6.18 Å². The average molecular weight is 289 g/mol. The van der Waals surface area contributed by atoms with E-state index in [1.807, 2.05) is 0 Å². The van der Waals surface area contributed by atoms with Crippen molar-refractivity contribution in [3.8, 4) is 0 Å². The van der Waals surface area contributed by atoms with Gasteiger partial charge in [0.1, 0.15) is 5.56 Å². The Morgan fingerprint density at radius 2 is 1.80 bits per heavy atom. The maximum Gasteiger partial charge on any atom is 0.423 e. The lowest BCUT2D eigenvalue weighted by Gasteiger charge is -2.26. The quantitative estimate of drug-likeness (QED) is 0.668. The lowest BCUT2D eigenvalue weighted by atomic mass is 9.82. The maximum absolute atomic E-state index is 12.9. The number of nitro benzene ring substituents is 1. The molecule has 1 aliphatic carbocycles. The number of rotatable bonds is 2. The third-order valence-electron chi connectivity index (χ3n) is 3.69. The fourth-order valence-electron chi connectivity index (χ4n) is 2.60. The smallest absolute Gasteiger partial charge is 0.393 e. The number of benzene rings is 1. The van der Waals surface area contributed by atoms with E-state index in [2.05, 4.69) is 0 Å². The van der Waals surface area contributed by atoms with Gasteiger partial charge in [-0.3, -0.25) is 10.1 Å². The minimum atomic E-state index is -4.74. The van der Waals surface area contributed by atoms with Gasteiger partial charge in [0.2, 0.25) is 0 Å². The SMILES string of the molecule is O=[N+]([O-])c1ccc(C2CCC(O)CC2)cc1C(F)(F)F. The summed E-state index contributed by atoms with van der Waals surface area (Å²) in [5, 5.41) is 20.1. The molecule has 2 rings (SSSR count). The van der Waals surface area contributed by atoms with Gasteiger partial charge in [-0.15, -0.1) is 0 Å². The highest BCUT2D eigenvalue weighted by molar-refractivity contribution is 5.45. The second-order valence-corrected chi connectivity index (χ2v) is 5.04. The Bertz CT molecular complexity index is 508. The van der Waals surface area contributed by atoms with Crippen molar-refractivity contribution in [1.29, 1.82) is 0 Å². The minimum Gasteiger partial charge on any atom is -0.393 e. The van der Waals surface area contributed by atoms with Crippen molar-refractivity contribution in [1.82, 2.24) is 0 Å². The Balaban J connectivity index is 2.35. The highest BCUT2D eigenvalue weighted by Crippen LogP contribution is 2.40. The van der Waals surface area contributed by atoms with Crippen LogP contribution in [0.15, 0.2) is 18.2 Å². The molecule has 1 fully saturated rings. The van der Waals surface area contributed by atoms with E-state index in [4.69, 9.17) is 0 Å². The van der Waals surface area contributed by atoms with Crippen molar-refractivity contribution in [2.24, 2.45) is 0 Å². The maximum atomic E-state index is 12.9. The zero-order valence-corrected chi connectivity index (χ0v) is 10.6. The van der Waals surface area contributed by atoms with Gasteiger partial charge in [0, 0.05) is 6.07 Å². The number of hydrogen-bond donors (Lipinski definition) is 1. The van der Waals surface area contributed by atoms with Gasteiger partial charge in [-0.05, 0) is 43.2 Å². The van der Waals surface area contributed by atoms with Crippen LogP contribution in [0.3, 0.4) is 0 Å². The van der Waals surface area contributed by atoms with E-state index in [1.165, 1.54) is 6.07 Å². The van der Waals surface area contributed by atoms with Gasteiger partial charge in [-0.2, -0.15) is 13.2 Å². The number of nitro groups is 1. The third kappa shape index (κ3) is 3.09. The number of hydrogen-bond acceptors (Lipinski definition) is 3. The van der Waals surface area contributed by atoms with Crippen molar-refractivity contribution >= 4 is 5.69 Å². The fourth-order valence-corrected chi connectivity index (χ4v) is 2.60. The zero-order chi connectivity index (χ0) is 14.9. The molecule has 1 saturated carbocycles. The van der Waals surface area contributed by atoms with Crippen LogP contribution in [0, 0.1) is 10.1 Å². The topological polar surface area (TPSA) is 63.4 Å². The fraction of sp³-hybridized carbons (Fsp3) is 0.538. The monoisotopic (exact) mass is 289 g/mol. The van der Waals surface area contributed by atoms with Crippen LogP contribution in [-0.4, -0.2) is 16.1 Å². The number of nitrogens with zero attached hydrogens (tertiary/aromatic N) is 1. The first-order chi connectivity index (χ1) is 9.29. The second kappa shape index (κ2) is 5.40. The highest BCUT2D eigenvalue weighted by Gasteiger charge is 2.39. The lowest BCUT2D eigenvalue weighted by Crippen LogP contribution is -2.18. The van der Waals surface area contributed by atoms with Gasteiger partial charge in [-0.25, -0.2) is 0 Å². The van der Waals surface area contributed by atoms with E-state index >= 15 is 0 Å². The highest BCUT2D eigenvalue weighted by atomic mass is 19.4. The summed E-state index contributed by atoms with van der Waals surface area (Å²) in [7, 11) is 0. The lowest BCUT2D eigenvalue weighted by molar-refractivity contribution is -0.388. The summed E-state index contributed by atoms with van der Waals surface area (Å²) >= 11 is 0. The molecule has 0 saturated heterocycles. The summed E-state index contributed by atoms with van der Waals surface area (Å²) in [6.45, 7) is 0. The number of aliphatic hydroxyl groups is 1. The van der Waals surface area contributed by atoms with Gasteiger partial charge in [0.25, 0.3) is 5.69 Å². The summed E-state index contributed by atoms with van der Waals surface area (Å²) in [6.07, 6.45) is -2.86. The Morgan fingerprint density at radius 3 is 2.30 bits per heavy atom. The number of aliphatic hydroxyl groups excluding tert-OH is 1. The normalized spacial score (nSPS) is 23.6. The van der Waals surface area contributed by atoms with Gasteiger partial charge in [0.05, 0.1) is 11.0 Å². The summed E-state index contributed by atoms with van der Waals surface area (Å²) < 4.78 is 38.6.